The Hall–Kier alpha value is -5.11. The number of nitrogens with one attached hydrogen (secondary N) is 2. The van der Waals surface area contributed by atoms with E-state index in [1.165, 1.54) is 6.08 Å². The molecular weight excluding hydrogens is 540 g/mol. The molecule has 4 aromatic rings. The van der Waals surface area contributed by atoms with Crippen molar-refractivity contribution in [3.05, 3.63) is 124 Å². The van der Waals surface area contributed by atoms with Crippen LogP contribution >= 0.6 is 0 Å². The minimum atomic E-state index is -0.289. The number of aromatic nitrogens is 1. The summed E-state index contributed by atoms with van der Waals surface area (Å²) in [5.41, 5.74) is 4.49. The van der Waals surface area contributed by atoms with Crippen LogP contribution in [0, 0.1) is 5.92 Å². The van der Waals surface area contributed by atoms with Gasteiger partial charge in [0.1, 0.15) is 5.75 Å². The zero-order valence-corrected chi connectivity index (χ0v) is 24.0. The second kappa shape index (κ2) is 12.4. The van der Waals surface area contributed by atoms with Gasteiger partial charge in [-0.2, -0.15) is 0 Å². The number of carbonyl (C=O) groups is 2. The topological polar surface area (TPSA) is 92.7 Å². The van der Waals surface area contributed by atoms with Gasteiger partial charge in [0.05, 0.1) is 18.0 Å². The molecule has 2 bridgehead atoms. The quantitative estimate of drug-likeness (QED) is 0.261. The maximum Gasteiger partial charge on any atom is 0.255 e. The molecule has 1 fully saturated rings. The zero-order chi connectivity index (χ0) is 29.8. The molecule has 218 valence electrons. The van der Waals surface area contributed by atoms with Crippen molar-refractivity contribution >= 4 is 35.0 Å². The first-order valence-corrected chi connectivity index (χ1v) is 14.6. The minimum absolute atomic E-state index is 0.0432. The third-order valence-electron chi connectivity index (χ3n) is 7.99. The van der Waals surface area contributed by atoms with Crippen LogP contribution in [0.4, 0.5) is 17.1 Å². The third kappa shape index (κ3) is 6.38. The van der Waals surface area contributed by atoms with Crippen molar-refractivity contribution in [1.82, 2.24) is 4.57 Å². The minimum Gasteiger partial charge on any atom is -0.494 e. The predicted molar refractivity (Wildman–Crippen MR) is 170 cm³/mol. The molecular formula is C35H34N4O4. The average molecular weight is 575 g/mol. The van der Waals surface area contributed by atoms with E-state index in [0.29, 0.717) is 42.6 Å². The number of carbonyl (C=O) groups excluding carboxylic acids is 2. The second-order valence-electron chi connectivity index (χ2n) is 11.0. The number of nitrogens with zero attached hydrogens (tertiary/aromatic N) is 2. The van der Waals surface area contributed by atoms with Crippen molar-refractivity contribution in [3.63, 3.8) is 0 Å². The SMILES string of the molecule is CCOc1ccc(NC(=O)c2ccc(N3CC4CC(C3)c3cccc(=O)n3C4)c(NC(=O)C=Cc3ccccc3)c2)cc1. The van der Waals surface area contributed by atoms with Gasteiger partial charge in [-0.3, -0.25) is 14.4 Å². The van der Waals surface area contributed by atoms with Crippen LogP contribution in [0.2, 0.25) is 0 Å². The van der Waals surface area contributed by atoms with Crippen LogP contribution in [0.15, 0.2) is 102 Å². The van der Waals surface area contributed by atoms with Gasteiger partial charge in [0.2, 0.25) is 5.91 Å². The van der Waals surface area contributed by atoms with Crippen LogP contribution in [0.25, 0.3) is 6.08 Å². The lowest BCUT2D eigenvalue weighted by atomic mass is 9.83. The molecule has 0 aliphatic carbocycles. The van der Waals surface area contributed by atoms with E-state index in [1.54, 1.807) is 36.4 Å². The Balaban J connectivity index is 1.27. The Morgan fingerprint density at radius 1 is 0.907 bits per heavy atom. The largest absolute Gasteiger partial charge is 0.494 e. The van der Waals surface area contributed by atoms with E-state index < -0.39 is 0 Å². The van der Waals surface area contributed by atoms with Gasteiger partial charge in [0.25, 0.3) is 11.5 Å². The Morgan fingerprint density at radius 3 is 2.51 bits per heavy atom. The van der Waals surface area contributed by atoms with Gasteiger partial charge in [0, 0.05) is 54.6 Å². The number of anilines is 3. The van der Waals surface area contributed by atoms with Crippen LogP contribution in [0.5, 0.6) is 5.75 Å². The monoisotopic (exact) mass is 574 g/mol. The molecule has 1 aromatic heterocycles. The number of hydrogen-bond acceptors (Lipinski definition) is 5. The number of hydrogen-bond donors (Lipinski definition) is 2. The molecule has 2 N–H and O–H groups in total. The molecule has 2 atom stereocenters. The maximum absolute atomic E-state index is 13.3. The van der Waals surface area contributed by atoms with Crippen molar-refractivity contribution in [3.8, 4) is 5.75 Å². The molecule has 0 saturated carbocycles. The average Bonchev–Trinajstić information content (AvgIpc) is 3.02. The molecule has 2 amide bonds. The summed E-state index contributed by atoms with van der Waals surface area (Å²) in [5.74, 6) is 0.663. The second-order valence-corrected chi connectivity index (χ2v) is 11.0. The van der Waals surface area contributed by atoms with Crippen LogP contribution in [0.1, 0.15) is 40.9 Å². The van der Waals surface area contributed by atoms with Gasteiger partial charge in [-0.1, -0.05) is 36.4 Å². The van der Waals surface area contributed by atoms with Gasteiger partial charge < -0.3 is 24.8 Å². The standard InChI is InChI=1S/C35H34N4O4/c1-2-43-29-15-13-28(14-16-29)36-35(42)26-12-17-32(30(20-26)37-33(40)18-11-24-7-4-3-5-8-24)38-21-25-19-27(23-38)31-9-6-10-34(41)39(31)22-25/h3-18,20,25,27H,2,19,21-23H2,1H3,(H,36,42)(H,37,40). The van der Waals surface area contributed by atoms with Gasteiger partial charge >= 0.3 is 0 Å². The van der Waals surface area contributed by atoms with Crippen molar-refractivity contribution in [1.29, 1.82) is 0 Å². The molecule has 6 rings (SSSR count). The first-order valence-electron chi connectivity index (χ1n) is 14.6. The summed E-state index contributed by atoms with van der Waals surface area (Å²) >= 11 is 0. The third-order valence-corrected chi connectivity index (χ3v) is 7.99. The molecule has 3 aromatic carbocycles. The highest BCUT2D eigenvalue weighted by molar-refractivity contribution is 6.08. The van der Waals surface area contributed by atoms with E-state index in [9.17, 15) is 14.4 Å². The van der Waals surface area contributed by atoms with Crippen molar-refractivity contribution in [2.45, 2.75) is 25.8 Å². The first kappa shape index (κ1) is 28.0. The number of ether oxygens (including phenoxy) is 1. The Bertz CT molecular complexity index is 1710. The molecule has 0 radical (unpaired) electrons. The Kier molecular flexibility index (Phi) is 8.09. The van der Waals surface area contributed by atoms with Crippen LogP contribution in [-0.4, -0.2) is 36.1 Å². The highest BCUT2D eigenvalue weighted by atomic mass is 16.5. The molecule has 2 aliphatic rings. The maximum atomic E-state index is 13.3. The number of rotatable bonds is 8. The fourth-order valence-corrected chi connectivity index (χ4v) is 6.06. The summed E-state index contributed by atoms with van der Waals surface area (Å²) in [4.78, 5) is 41.2. The van der Waals surface area contributed by atoms with Gasteiger partial charge in [-0.05, 0) is 79.4 Å². The number of benzene rings is 3. The fraction of sp³-hybridized carbons (Fsp3) is 0.229. The van der Waals surface area contributed by atoms with E-state index in [0.717, 1.165) is 35.7 Å². The molecule has 1 saturated heterocycles. The van der Waals surface area contributed by atoms with Crippen molar-refractivity contribution in [2.75, 3.05) is 35.2 Å². The number of pyridine rings is 1. The van der Waals surface area contributed by atoms with Gasteiger partial charge in [-0.25, -0.2) is 0 Å². The fourth-order valence-electron chi connectivity index (χ4n) is 6.06. The summed E-state index contributed by atoms with van der Waals surface area (Å²) in [6.07, 6.45) is 4.28. The van der Waals surface area contributed by atoms with Crippen molar-refractivity contribution in [2.24, 2.45) is 5.92 Å². The van der Waals surface area contributed by atoms with Crippen LogP contribution in [-0.2, 0) is 11.3 Å². The lowest BCUT2D eigenvalue weighted by molar-refractivity contribution is -0.111. The Labute approximate surface area is 250 Å². The van der Waals surface area contributed by atoms with E-state index in [-0.39, 0.29) is 23.3 Å². The molecule has 2 unspecified atom stereocenters. The zero-order valence-electron chi connectivity index (χ0n) is 24.0. The smallest absolute Gasteiger partial charge is 0.255 e. The van der Waals surface area contributed by atoms with Gasteiger partial charge in [0.15, 0.2) is 0 Å². The van der Waals surface area contributed by atoms with E-state index in [4.69, 9.17) is 4.74 Å². The van der Waals surface area contributed by atoms with Crippen molar-refractivity contribution < 1.29 is 14.3 Å². The van der Waals surface area contributed by atoms with Gasteiger partial charge in [-0.15, -0.1) is 0 Å². The molecule has 3 heterocycles. The lowest BCUT2D eigenvalue weighted by Crippen LogP contribution is -2.47. The summed E-state index contributed by atoms with van der Waals surface area (Å²) < 4.78 is 7.40. The summed E-state index contributed by atoms with van der Waals surface area (Å²) in [5, 5.41) is 5.97. The predicted octanol–water partition coefficient (Wildman–Crippen LogP) is 5.77. The molecule has 8 heteroatoms. The van der Waals surface area contributed by atoms with Crippen LogP contribution in [0.3, 0.4) is 0 Å². The molecule has 43 heavy (non-hydrogen) atoms. The Morgan fingerprint density at radius 2 is 1.72 bits per heavy atom. The molecule has 2 aliphatic heterocycles. The molecule has 0 spiro atoms. The molecule has 8 nitrogen and oxygen atoms in total. The van der Waals surface area contributed by atoms with Crippen LogP contribution < -0.4 is 25.8 Å². The normalized spacial score (nSPS) is 17.3. The van der Waals surface area contributed by atoms with E-state index in [1.807, 2.05) is 72.2 Å². The lowest BCUT2D eigenvalue weighted by Gasteiger charge is -2.44. The highest BCUT2D eigenvalue weighted by Crippen LogP contribution is 2.39. The van der Waals surface area contributed by atoms with E-state index >= 15 is 0 Å². The highest BCUT2D eigenvalue weighted by Gasteiger charge is 2.35. The summed E-state index contributed by atoms with van der Waals surface area (Å²) in [6, 6.07) is 27.7. The van der Waals surface area contributed by atoms with E-state index in [2.05, 4.69) is 15.5 Å². The first-order chi connectivity index (χ1) is 21.0. The summed E-state index contributed by atoms with van der Waals surface area (Å²) in [6.45, 7) is 4.62. The number of amides is 2. The number of piperidine rings is 1. The number of fused-ring (bicyclic) bond motifs is 4. The summed E-state index contributed by atoms with van der Waals surface area (Å²) in [7, 11) is 0.